The Bertz CT molecular complexity index is 289. The lowest BCUT2D eigenvalue weighted by atomic mass is 10.0. The van der Waals surface area contributed by atoms with Gasteiger partial charge in [0.2, 0.25) is 5.91 Å². The Labute approximate surface area is 111 Å². The van der Waals surface area contributed by atoms with Crippen LogP contribution in [0.3, 0.4) is 0 Å². The van der Waals surface area contributed by atoms with Crippen LogP contribution in [-0.4, -0.2) is 56.0 Å². The lowest BCUT2D eigenvalue weighted by Gasteiger charge is -2.28. The van der Waals surface area contributed by atoms with Gasteiger partial charge in [0.25, 0.3) is 0 Å². The SMILES string of the molecule is CCN(C(=O)CN(C)CCNC)C1=CCCCC1. The number of allylic oxidation sites excluding steroid dienone is 2. The summed E-state index contributed by atoms with van der Waals surface area (Å²) in [5.74, 6) is 0.226. The minimum Gasteiger partial charge on any atom is -0.318 e. The summed E-state index contributed by atoms with van der Waals surface area (Å²) in [4.78, 5) is 16.3. The summed E-state index contributed by atoms with van der Waals surface area (Å²) in [7, 11) is 3.93. The van der Waals surface area contributed by atoms with Gasteiger partial charge in [-0.25, -0.2) is 0 Å². The van der Waals surface area contributed by atoms with Crippen molar-refractivity contribution in [3.8, 4) is 0 Å². The van der Waals surface area contributed by atoms with E-state index in [-0.39, 0.29) is 5.91 Å². The molecule has 1 rings (SSSR count). The first kappa shape index (κ1) is 15.2. The molecule has 0 unspecified atom stereocenters. The molecule has 1 aliphatic carbocycles. The highest BCUT2D eigenvalue weighted by molar-refractivity contribution is 5.80. The molecule has 0 aromatic heterocycles. The number of nitrogens with one attached hydrogen (secondary N) is 1. The van der Waals surface area contributed by atoms with Crippen molar-refractivity contribution < 1.29 is 4.79 Å². The summed E-state index contributed by atoms with van der Waals surface area (Å²) in [5, 5.41) is 3.10. The zero-order valence-electron chi connectivity index (χ0n) is 12.0. The van der Waals surface area contributed by atoms with Gasteiger partial charge in [0, 0.05) is 25.3 Å². The van der Waals surface area contributed by atoms with Gasteiger partial charge in [-0.1, -0.05) is 6.08 Å². The number of likely N-dealkylation sites (N-methyl/N-ethyl adjacent to an activating group) is 3. The minimum atomic E-state index is 0.226. The van der Waals surface area contributed by atoms with E-state index in [0.29, 0.717) is 6.54 Å². The van der Waals surface area contributed by atoms with Gasteiger partial charge in [-0.15, -0.1) is 0 Å². The molecule has 0 bridgehead atoms. The van der Waals surface area contributed by atoms with E-state index < -0.39 is 0 Å². The first-order valence-corrected chi connectivity index (χ1v) is 7.01. The molecule has 0 saturated heterocycles. The maximum absolute atomic E-state index is 12.3. The third-order valence-corrected chi connectivity index (χ3v) is 3.38. The molecule has 0 heterocycles. The molecule has 0 saturated carbocycles. The average Bonchev–Trinajstić information content (AvgIpc) is 2.38. The molecule has 1 amide bonds. The van der Waals surface area contributed by atoms with Gasteiger partial charge in [-0.2, -0.15) is 0 Å². The average molecular weight is 253 g/mol. The highest BCUT2D eigenvalue weighted by atomic mass is 16.2. The Balaban J connectivity index is 2.48. The van der Waals surface area contributed by atoms with E-state index in [1.54, 1.807) is 0 Å². The van der Waals surface area contributed by atoms with Crippen LogP contribution < -0.4 is 5.32 Å². The standard InChI is InChI=1S/C14H27N3O/c1-4-17(13-8-6-5-7-9-13)14(18)12-16(3)11-10-15-2/h8,15H,4-7,9-12H2,1-3H3. The van der Waals surface area contributed by atoms with Crippen LogP contribution in [0.1, 0.15) is 32.6 Å². The predicted octanol–water partition coefficient (Wildman–Crippen LogP) is 1.44. The molecule has 0 radical (unpaired) electrons. The smallest absolute Gasteiger partial charge is 0.240 e. The third-order valence-electron chi connectivity index (χ3n) is 3.38. The van der Waals surface area contributed by atoms with Crippen LogP contribution in [0, 0.1) is 0 Å². The Morgan fingerprint density at radius 1 is 1.44 bits per heavy atom. The maximum Gasteiger partial charge on any atom is 0.240 e. The number of rotatable bonds is 7. The van der Waals surface area contributed by atoms with Crippen LogP contribution in [0.2, 0.25) is 0 Å². The van der Waals surface area contributed by atoms with Gasteiger partial charge in [0.1, 0.15) is 0 Å². The molecule has 0 atom stereocenters. The fraction of sp³-hybridized carbons (Fsp3) is 0.786. The van der Waals surface area contributed by atoms with E-state index in [0.717, 1.165) is 32.5 Å². The summed E-state index contributed by atoms with van der Waals surface area (Å²) in [6.07, 6.45) is 6.88. The van der Waals surface area contributed by atoms with Crippen molar-refractivity contribution in [2.75, 3.05) is 40.3 Å². The highest BCUT2D eigenvalue weighted by Crippen LogP contribution is 2.20. The lowest BCUT2D eigenvalue weighted by molar-refractivity contribution is -0.130. The summed E-state index contributed by atoms with van der Waals surface area (Å²) in [5.41, 5.74) is 1.23. The molecule has 0 fully saturated rings. The Hall–Kier alpha value is -0.870. The molecule has 0 aliphatic heterocycles. The van der Waals surface area contributed by atoms with Gasteiger partial charge in [-0.3, -0.25) is 9.69 Å². The Morgan fingerprint density at radius 3 is 2.78 bits per heavy atom. The molecular formula is C14H27N3O. The molecule has 1 aliphatic rings. The van der Waals surface area contributed by atoms with Gasteiger partial charge >= 0.3 is 0 Å². The Morgan fingerprint density at radius 2 is 2.22 bits per heavy atom. The molecule has 1 N–H and O–H groups in total. The fourth-order valence-corrected chi connectivity index (χ4v) is 2.30. The van der Waals surface area contributed by atoms with E-state index in [2.05, 4.69) is 23.2 Å². The quantitative estimate of drug-likeness (QED) is 0.746. The summed E-state index contributed by atoms with van der Waals surface area (Å²) < 4.78 is 0. The zero-order chi connectivity index (χ0) is 13.4. The van der Waals surface area contributed by atoms with E-state index in [9.17, 15) is 4.79 Å². The van der Waals surface area contributed by atoms with Crippen LogP contribution in [0.25, 0.3) is 0 Å². The minimum absolute atomic E-state index is 0.226. The zero-order valence-corrected chi connectivity index (χ0v) is 12.0. The second-order valence-electron chi connectivity index (χ2n) is 4.92. The first-order chi connectivity index (χ1) is 8.69. The van der Waals surface area contributed by atoms with Crippen LogP contribution in [0.5, 0.6) is 0 Å². The summed E-state index contributed by atoms with van der Waals surface area (Å²) in [6.45, 7) is 5.16. The topological polar surface area (TPSA) is 35.6 Å². The van der Waals surface area contributed by atoms with Crippen molar-refractivity contribution in [2.45, 2.75) is 32.6 Å². The molecular weight excluding hydrogens is 226 g/mol. The van der Waals surface area contributed by atoms with Crippen molar-refractivity contribution in [1.29, 1.82) is 0 Å². The number of carbonyl (C=O) groups excluding carboxylic acids is 1. The highest BCUT2D eigenvalue weighted by Gasteiger charge is 2.18. The van der Waals surface area contributed by atoms with E-state index >= 15 is 0 Å². The lowest BCUT2D eigenvalue weighted by Crippen LogP contribution is -2.40. The van der Waals surface area contributed by atoms with Crippen molar-refractivity contribution in [1.82, 2.24) is 15.1 Å². The molecule has 18 heavy (non-hydrogen) atoms. The van der Waals surface area contributed by atoms with Gasteiger partial charge in [0.05, 0.1) is 6.54 Å². The molecule has 4 nitrogen and oxygen atoms in total. The largest absolute Gasteiger partial charge is 0.318 e. The van der Waals surface area contributed by atoms with Crippen LogP contribution in [0.15, 0.2) is 11.8 Å². The van der Waals surface area contributed by atoms with Gasteiger partial charge in [-0.05, 0) is 46.7 Å². The van der Waals surface area contributed by atoms with E-state index in [1.165, 1.54) is 18.5 Å². The number of hydrogen-bond acceptors (Lipinski definition) is 3. The van der Waals surface area contributed by atoms with Crippen molar-refractivity contribution in [3.05, 3.63) is 11.8 Å². The van der Waals surface area contributed by atoms with Crippen molar-refractivity contribution in [3.63, 3.8) is 0 Å². The van der Waals surface area contributed by atoms with Crippen molar-refractivity contribution in [2.24, 2.45) is 0 Å². The first-order valence-electron chi connectivity index (χ1n) is 7.01. The Kier molecular flexibility index (Phi) is 6.98. The second kappa shape index (κ2) is 8.27. The van der Waals surface area contributed by atoms with Crippen LogP contribution in [-0.2, 0) is 4.79 Å². The van der Waals surface area contributed by atoms with E-state index in [4.69, 9.17) is 0 Å². The van der Waals surface area contributed by atoms with Gasteiger partial charge < -0.3 is 10.2 Å². The van der Waals surface area contributed by atoms with Crippen LogP contribution in [0.4, 0.5) is 0 Å². The number of hydrogen-bond donors (Lipinski definition) is 1. The fourth-order valence-electron chi connectivity index (χ4n) is 2.30. The monoisotopic (exact) mass is 253 g/mol. The third kappa shape index (κ3) is 4.78. The van der Waals surface area contributed by atoms with Crippen LogP contribution >= 0.6 is 0 Å². The molecule has 4 heteroatoms. The normalized spacial score (nSPS) is 15.7. The molecule has 104 valence electrons. The molecule has 0 spiro atoms. The van der Waals surface area contributed by atoms with Crippen molar-refractivity contribution >= 4 is 5.91 Å². The molecule has 0 aromatic rings. The summed E-state index contributed by atoms with van der Waals surface area (Å²) in [6, 6.07) is 0. The predicted molar refractivity (Wildman–Crippen MR) is 75.4 cm³/mol. The number of nitrogens with zero attached hydrogens (tertiary/aromatic N) is 2. The van der Waals surface area contributed by atoms with E-state index in [1.807, 2.05) is 19.0 Å². The second-order valence-corrected chi connectivity index (χ2v) is 4.92. The summed E-state index contributed by atoms with van der Waals surface area (Å²) >= 11 is 0. The molecule has 0 aromatic carbocycles. The number of amides is 1. The maximum atomic E-state index is 12.3. The number of carbonyl (C=O) groups is 1. The van der Waals surface area contributed by atoms with Gasteiger partial charge in [0.15, 0.2) is 0 Å².